The summed E-state index contributed by atoms with van der Waals surface area (Å²) >= 11 is 0. The van der Waals surface area contributed by atoms with Crippen LogP contribution in [0.1, 0.15) is 5.56 Å². The molecule has 0 amide bonds. The summed E-state index contributed by atoms with van der Waals surface area (Å²) in [5.74, 6) is 0. The Morgan fingerprint density at radius 2 is 1.78 bits per heavy atom. The van der Waals surface area contributed by atoms with Crippen molar-refractivity contribution in [3.63, 3.8) is 0 Å². The van der Waals surface area contributed by atoms with Gasteiger partial charge in [0.05, 0.1) is 0 Å². The van der Waals surface area contributed by atoms with E-state index in [1.54, 1.807) is 0 Å². The second-order valence-electron chi connectivity index (χ2n) is 1.77. The Bertz CT molecular complexity index is 189. The SMILES string of the molecule is N/C=C/c1ccccc1. The van der Waals surface area contributed by atoms with Crippen molar-refractivity contribution in [3.05, 3.63) is 42.1 Å². The average Bonchev–Trinajstić information content (AvgIpc) is 1.91. The first-order chi connectivity index (χ1) is 4.43. The highest BCUT2D eigenvalue weighted by Gasteiger charge is 1.77. The van der Waals surface area contributed by atoms with Crippen LogP contribution in [0.2, 0.25) is 0 Å². The number of nitrogens with two attached hydrogens (primary N) is 1. The topological polar surface area (TPSA) is 26.0 Å². The Labute approximate surface area is 54.8 Å². The molecule has 0 saturated carbocycles. The summed E-state index contributed by atoms with van der Waals surface area (Å²) in [6, 6.07) is 9.95. The summed E-state index contributed by atoms with van der Waals surface area (Å²) in [7, 11) is 0. The summed E-state index contributed by atoms with van der Waals surface area (Å²) in [4.78, 5) is 0. The zero-order valence-electron chi connectivity index (χ0n) is 5.12. The maximum atomic E-state index is 5.18. The van der Waals surface area contributed by atoms with E-state index in [4.69, 9.17) is 5.73 Å². The van der Waals surface area contributed by atoms with E-state index in [2.05, 4.69) is 0 Å². The molecular weight excluding hydrogens is 110 g/mol. The van der Waals surface area contributed by atoms with Gasteiger partial charge >= 0.3 is 0 Å². The molecule has 0 aliphatic rings. The van der Waals surface area contributed by atoms with Crippen LogP contribution in [0.4, 0.5) is 0 Å². The minimum absolute atomic E-state index is 1.14. The molecule has 2 N–H and O–H groups in total. The molecule has 1 aromatic rings. The molecule has 9 heavy (non-hydrogen) atoms. The first kappa shape index (κ1) is 5.89. The Kier molecular flexibility index (Phi) is 1.91. The molecule has 1 heteroatoms. The zero-order chi connectivity index (χ0) is 6.53. The second-order valence-corrected chi connectivity index (χ2v) is 1.77. The van der Waals surface area contributed by atoms with Crippen LogP contribution in [-0.4, -0.2) is 0 Å². The van der Waals surface area contributed by atoms with E-state index >= 15 is 0 Å². The molecule has 1 nitrogen and oxygen atoms in total. The molecule has 0 fully saturated rings. The van der Waals surface area contributed by atoms with E-state index in [-0.39, 0.29) is 0 Å². The summed E-state index contributed by atoms with van der Waals surface area (Å²) < 4.78 is 0. The van der Waals surface area contributed by atoms with Gasteiger partial charge in [0.15, 0.2) is 0 Å². The van der Waals surface area contributed by atoms with Crippen LogP contribution in [0.3, 0.4) is 0 Å². The smallest absolute Gasteiger partial charge is 0.00564 e. The molecule has 0 unspecified atom stereocenters. The van der Waals surface area contributed by atoms with E-state index in [1.165, 1.54) is 6.20 Å². The van der Waals surface area contributed by atoms with Gasteiger partial charge in [0.2, 0.25) is 0 Å². The molecule has 46 valence electrons. The Morgan fingerprint density at radius 1 is 1.11 bits per heavy atom. The molecule has 0 spiro atoms. The molecule has 0 aromatic heterocycles. The van der Waals surface area contributed by atoms with Gasteiger partial charge in [-0.25, -0.2) is 0 Å². The quantitative estimate of drug-likeness (QED) is 0.597. The van der Waals surface area contributed by atoms with E-state index in [9.17, 15) is 0 Å². The summed E-state index contributed by atoms with van der Waals surface area (Å²) in [6.07, 6.45) is 3.40. The molecule has 0 radical (unpaired) electrons. The van der Waals surface area contributed by atoms with Gasteiger partial charge in [-0.2, -0.15) is 0 Å². The summed E-state index contributed by atoms with van der Waals surface area (Å²) in [6.45, 7) is 0. The third kappa shape index (κ3) is 1.61. The maximum absolute atomic E-state index is 5.18. The largest absolute Gasteiger partial charge is 0.405 e. The minimum atomic E-state index is 1.14. The fourth-order valence-electron chi connectivity index (χ4n) is 0.675. The van der Waals surface area contributed by atoms with Crippen LogP contribution in [0, 0.1) is 0 Å². The standard InChI is InChI=1S/C8H9N/c9-7-6-8-4-2-1-3-5-8/h1-7H,9H2/b7-6+. The first-order valence-electron chi connectivity index (χ1n) is 2.87. The van der Waals surface area contributed by atoms with Crippen molar-refractivity contribution in [2.75, 3.05) is 0 Å². The predicted molar refractivity (Wildman–Crippen MR) is 39.7 cm³/mol. The lowest BCUT2D eigenvalue weighted by molar-refractivity contribution is 1.60. The molecule has 0 heterocycles. The third-order valence-electron chi connectivity index (χ3n) is 1.09. The Balaban J connectivity index is 2.85. The maximum Gasteiger partial charge on any atom is -0.00564 e. The summed E-state index contributed by atoms with van der Waals surface area (Å²) in [5.41, 5.74) is 6.32. The number of benzene rings is 1. The van der Waals surface area contributed by atoms with Gasteiger partial charge in [-0.15, -0.1) is 0 Å². The van der Waals surface area contributed by atoms with Crippen molar-refractivity contribution in [2.45, 2.75) is 0 Å². The second kappa shape index (κ2) is 2.92. The normalized spacial score (nSPS) is 10.2. The third-order valence-corrected chi connectivity index (χ3v) is 1.09. The van der Waals surface area contributed by atoms with Crippen molar-refractivity contribution < 1.29 is 0 Å². The lowest BCUT2D eigenvalue weighted by Crippen LogP contribution is -1.75. The molecule has 0 aliphatic heterocycles. The molecule has 0 atom stereocenters. The molecule has 0 saturated heterocycles. The van der Waals surface area contributed by atoms with Gasteiger partial charge in [0.1, 0.15) is 0 Å². The van der Waals surface area contributed by atoms with E-state index in [0.717, 1.165) is 5.56 Å². The van der Waals surface area contributed by atoms with Gasteiger partial charge in [-0.05, 0) is 17.8 Å². The van der Waals surface area contributed by atoms with Crippen molar-refractivity contribution >= 4 is 6.08 Å². The van der Waals surface area contributed by atoms with Gasteiger partial charge < -0.3 is 5.73 Å². The van der Waals surface area contributed by atoms with Crippen LogP contribution < -0.4 is 5.73 Å². The molecule has 0 bridgehead atoms. The van der Waals surface area contributed by atoms with E-state index < -0.39 is 0 Å². The monoisotopic (exact) mass is 119 g/mol. The Morgan fingerprint density at radius 3 is 2.33 bits per heavy atom. The highest BCUT2D eigenvalue weighted by Crippen LogP contribution is 1.98. The van der Waals surface area contributed by atoms with Crippen LogP contribution in [0.15, 0.2) is 36.5 Å². The van der Waals surface area contributed by atoms with Crippen molar-refractivity contribution in [3.8, 4) is 0 Å². The average molecular weight is 119 g/mol. The predicted octanol–water partition coefficient (Wildman–Crippen LogP) is 1.62. The van der Waals surface area contributed by atoms with Gasteiger partial charge in [-0.3, -0.25) is 0 Å². The number of rotatable bonds is 1. The van der Waals surface area contributed by atoms with E-state index in [1.807, 2.05) is 36.4 Å². The fraction of sp³-hybridized carbons (Fsp3) is 0. The summed E-state index contributed by atoms with van der Waals surface area (Å²) in [5, 5.41) is 0. The molecule has 1 aromatic carbocycles. The highest BCUT2D eigenvalue weighted by atomic mass is 14.5. The first-order valence-corrected chi connectivity index (χ1v) is 2.87. The van der Waals surface area contributed by atoms with Crippen molar-refractivity contribution in [1.82, 2.24) is 0 Å². The van der Waals surface area contributed by atoms with Crippen LogP contribution in [0.5, 0.6) is 0 Å². The van der Waals surface area contributed by atoms with E-state index in [0.29, 0.717) is 0 Å². The number of hydrogen-bond acceptors (Lipinski definition) is 1. The highest BCUT2D eigenvalue weighted by molar-refractivity contribution is 5.47. The van der Waals surface area contributed by atoms with Crippen LogP contribution >= 0.6 is 0 Å². The minimum Gasteiger partial charge on any atom is -0.405 e. The number of hydrogen-bond donors (Lipinski definition) is 1. The van der Waals surface area contributed by atoms with Crippen LogP contribution in [-0.2, 0) is 0 Å². The lowest BCUT2D eigenvalue weighted by atomic mass is 10.2. The Hall–Kier alpha value is -1.24. The van der Waals surface area contributed by atoms with Gasteiger partial charge in [0.25, 0.3) is 0 Å². The zero-order valence-corrected chi connectivity index (χ0v) is 5.12. The fourth-order valence-corrected chi connectivity index (χ4v) is 0.675. The van der Waals surface area contributed by atoms with Crippen LogP contribution in [0.25, 0.3) is 6.08 Å². The molecular formula is C8H9N. The van der Waals surface area contributed by atoms with Crippen molar-refractivity contribution in [2.24, 2.45) is 5.73 Å². The van der Waals surface area contributed by atoms with Gasteiger partial charge in [-0.1, -0.05) is 30.3 Å². The molecule has 0 aliphatic carbocycles. The van der Waals surface area contributed by atoms with Gasteiger partial charge in [0, 0.05) is 0 Å². The molecule has 1 rings (SSSR count). The van der Waals surface area contributed by atoms with Crippen molar-refractivity contribution in [1.29, 1.82) is 0 Å². The lowest BCUT2D eigenvalue weighted by Gasteiger charge is -1.86.